The van der Waals surface area contributed by atoms with E-state index in [0.717, 1.165) is 85.1 Å². The number of benzene rings is 4. The number of amidine groups is 2. The number of methoxy groups -OCH3 is 4. The number of hydrogen-bond donors (Lipinski definition) is 0. The highest BCUT2D eigenvalue weighted by molar-refractivity contribution is 6.20. The summed E-state index contributed by atoms with van der Waals surface area (Å²) in [6.45, 7) is 6.53. The van der Waals surface area contributed by atoms with E-state index in [-0.39, 0.29) is 11.8 Å². The summed E-state index contributed by atoms with van der Waals surface area (Å²) in [5.74, 6) is 4.75. The molecule has 6 rings (SSSR count). The summed E-state index contributed by atoms with van der Waals surface area (Å²) in [6, 6.07) is 26.5. The highest BCUT2D eigenvalue weighted by Crippen LogP contribution is 2.32. The van der Waals surface area contributed by atoms with Crippen molar-refractivity contribution in [3.8, 4) is 34.5 Å². The van der Waals surface area contributed by atoms with Crippen LogP contribution in [0.15, 0.2) is 106 Å². The highest BCUT2D eigenvalue weighted by atomic mass is 16.5. The van der Waals surface area contributed by atoms with Crippen molar-refractivity contribution in [3.63, 3.8) is 0 Å². The van der Waals surface area contributed by atoms with Crippen molar-refractivity contribution >= 4 is 35.6 Å². The van der Waals surface area contributed by atoms with Crippen molar-refractivity contribution in [3.05, 3.63) is 119 Å². The average molecular weight is 843 g/mol. The quantitative estimate of drug-likeness (QED) is 0.0535. The molecule has 4 aromatic rings. The number of carbonyl (C=O) groups excluding carboxylic acids is 2. The van der Waals surface area contributed by atoms with Gasteiger partial charge in [0.25, 0.3) is 11.8 Å². The lowest BCUT2D eigenvalue weighted by Crippen LogP contribution is -2.34. The van der Waals surface area contributed by atoms with Crippen LogP contribution in [-0.4, -0.2) is 88.0 Å². The second-order valence-corrected chi connectivity index (χ2v) is 14.9. The van der Waals surface area contributed by atoms with Crippen LogP contribution in [0.3, 0.4) is 0 Å². The zero-order valence-corrected chi connectivity index (χ0v) is 36.8. The fraction of sp³-hybridized carbons (Fsp3) is 0.360. The van der Waals surface area contributed by atoms with Gasteiger partial charge in [0.2, 0.25) is 0 Å². The number of hydrogen-bond acceptors (Lipinski definition) is 10. The molecule has 0 saturated heterocycles. The topological polar surface area (TPSA) is 121 Å². The first-order valence-corrected chi connectivity index (χ1v) is 21.5. The molecule has 2 aliphatic rings. The lowest BCUT2D eigenvalue weighted by molar-refractivity contribution is -0.123. The second kappa shape index (κ2) is 22.3. The summed E-state index contributed by atoms with van der Waals surface area (Å²) in [5.41, 5.74) is 3.88. The van der Waals surface area contributed by atoms with Gasteiger partial charge in [0.1, 0.15) is 34.6 Å². The van der Waals surface area contributed by atoms with Crippen LogP contribution in [0.4, 0.5) is 0 Å². The first-order valence-electron chi connectivity index (χ1n) is 21.5. The molecule has 0 N–H and O–H groups in total. The summed E-state index contributed by atoms with van der Waals surface area (Å²) >= 11 is 0. The minimum atomic E-state index is -0.169. The van der Waals surface area contributed by atoms with Gasteiger partial charge in [-0.1, -0.05) is 51.7 Å². The zero-order valence-electron chi connectivity index (χ0n) is 36.8. The van der Waals surface area contributed by atoms with Gasteiger partial charge in [-0.25, -0.2) is 9.98 Å². The largest absolute Gasteiger partial charge is 0.494 e. The molecule has 2 aliphatic heterocycles. The summed E-state index contributed by atoms with van der Waals surface area (Å²) < 4.78 is 33.6. The number of aliphatic imine (C=N–C) groups is 2. The van der Waals surface area contributed by atoms with E-state index in [1.165, 1.54) is 0 Å². The van der Waals surface area contributed by atoms with E-state index in [1.807, 2.05) is 84.9 Å². The highest BCUT2D eigenvalue weighted by Gasteiger charge is 2.32. The van der Waals surface area contributed by atoms with Gasteiger partial charge in [-0.15, -0.1) is 0 Å². The fourth-order valence-corrected chi connectivity index (χ4v) is 7.12. The van der Waals surface area contributed by atoms with E-state index in [2.05, 4.69) is 13.8 Å². The molecular weight excluding hydrogens is 785 g/mol. The van der Waals surface area contributed by atoms with E-state index in [4.69, 9.17) is 38.4 Å². The van der Waals surface area contributed by atoms with Crippen LogP contribution in [-0.2, 0) is 9.59 Å². The van der Waals surface area contributed by atoms with Gasteiger partial charge in [-0.3, -0.25) is 19.4 Å². The Bertz CT molecular complexity index is 2120. The van der Waals surface area contributed by atoms with Crippen molar-refractivity contribution in [2.45, 2.75) is 65.2 Å². The van der Waals surface area contributed by atoms with Gasteiger partial charge in [0.15, 0.2) is 23.0 Å². The smallest absolute Gasteiger partial charge is 0.278 e. The lowest BCUT2D eigenvalue weighted by atomic mass is 10.1. The molecule has 12 nitrogen and oxygen atoms in total. The Morgan fingerprint density at radius 3 is 1.23 bits per heavy atom. The van der Waals surface area contributed by atoms with E-state index in [0.29, 0.717) is 72.4 Å². The molecule has 2 heterocycles. The predicted molar refractivity (Wildman–Crippen MR) is 244 cm³/mol. The molecule has 4 aromatic carbocycles. The Balaban J connectivity index is 1.14. The molecule has 0 unspecified atom stereocenters. The minimum absolute atomic E-state index is 0.169. The van der Waals surface area contributed by atoms with Crippen LogP contribution >= 0.6 is 0 Å². The third-order valence-electron chi connectivity index (χ3n) is 10.6. The number of carbonyl (C=O) groups is 2. The maximum atomic E-state index is 14.0. The van der Waals surface area contributed by atoms with Gasteiger partial charge >= 0.3 is 0 Å². The Kier molecular flexibility index (Phi) is 16.2. The van der Waals surface area contributed by atoms with Gasteiger partial charge in [0.05, 0.1) is 41.7 Å². The fourth-order valence-electron chi connectivity index (χ4n) is 7.12. The monoisotopic (exact) mass is 842 g/mol. The van der Waals surface area contributed by atoms with Crippen LogP contribution in [0.25, 0.3) is 12.2 Å². The Hall–Kier alpha value is -6.56. The van der Waals surface area contributed by atoms with Gasteiger partial charge < -0.3 is 28.4 Å². The van der Waals surface area contributed by atoms with Crippen molar-refractivity contribution < 1.29 is 38.0 Å². The molecule has 0 bridgehead atoms. The summed E-state index contributed by atoms with van der Waals surface area (Å²) in [6.07, 6.45) is 10.8. The molecule has 0 spiro atoms. The van der Waals surface area contributed by atoms with Crippen LogP contribution < -0.4 is 28.4 Å². The number of ether oxygens (including phenoxy) is 6. The molecule has 326 valence electrons. The minimum Gasteiger partial charge on any atom is -0.494 e. The summed E-state index contributed by atoms with van der Waals surface area (Å²) in [4.78, 5) is 41.3. The molecule has 62 heavy (non-hydrogen) atoms. The van der Waals surface area contributed by atoms with E-state index < -0.39 is 0 Å². The molecule has 0 fully saturated rings. The second-order valence-electron chi connectivity index (χ2n) is 14.9. The Morgan fingerprint density at radius 1 is 0.484 bits per heavy atom. The van der Waals surface area contributed by atoms with Crippen LogP contribution in [0.2, 0.25) is 0 Å². The normalized spacial score (nSPS) is 15.0. The van der Waals surface area contributed by atoms with Crippen molar-refractivity contribution in [1.82, 2.24) is 9.80 Å². The number of amides is 2. The molecule has 0 radical (unpaired) electrons. The third-order valence-corrected chi connectivity index (χ3v) is 10.6. The maximum Gasteiger partial charge on any atom is 0.278 e. The van der Waals surface area contributed by atoms with Gasteiger partial charge in [0, 0.05) is 24.2 Å². The maximum absolute atomic E-state index is 14.0. The van der Waals surface area contributed by atoms with Gasteiger partial charge in [-0.2, -0.15) is 0 Å². The molecule has 0 aromatic heterocycles. The van der Waals surface area contributed by atoms with E-state index in [1.54, 1.807) is 50.4 Å². The Labute approximate surface area is 365 Å². The molecular formula is C50H58N4O8. The van der Waals surface area contributed by atoms with Crippen LogP contribution in [0, 0.1) is 0 Å². The Morgan fingerprint density at radius 2 is 0.871 bits per heavy atom. The molecule has 0 saturated carbocycles. The van der Waals surface area contributed by atoms with Gasteiger partial charge in [-0.05, 0) is 122 Å². The first kappa shape index (κ1) is 45.0. The van der Waals surface area contributed by atoms with Crippen molar-refractivity contribution in [2.24, 2.45) is 9.98 Å². The van der Waals surface area contributed by atoms with E-state index in [9.17, 15) is 9.59 Å². The molecule has 0 atom stereocenters. The standard InChI is InChI=1S/C50H58N4O8/c1-7-9-29-61-39-21-17-37(18-22-39)47-51-41(31-35-15-25-43(57-3)45(33-35)59-5)49(55)53(47)27-13-11-12-14-28-54-48(38-19-23-40(24-20-38)62-30-10-8-2)52-42(50(54)56)32-36-16-26-44(58-4)46(34-36)60-6/h15-26,31-34H,7-14,27-30H2,1-6H3. The first-order chi connectivity index (χ1) is 30.3. The molecule has 12 heteroatoms. The van der Waals surface area contributed by atoms with Crippen LogP contribution in [0.1, 0.15) is 87.5 Å². The number of nitrogens with zero attached hydrogens (tertiary/aromatic N) is 4. The lowest BCUT2D eigenvalue weighted by Gasteiger charge is -2.20. The molecule has 0 aliphatic carbocycles. The number of unbranched alkanes of at least 4 members (excludes halogenated alkanes) is 5. The number of rotatable bonds is 23. The van der Waals surface area contributed by atoms with Crippen LogP contribution in [0.5, 0.6) is 34.5 Å². The average Bonchev–Trinajstić information content (AvgIpc) is 3.78. The predicted octanol–water partition coefficient (Wildman–Crippen LogP) is 9.60. The van der Waals surface area contributed by atoms with E-state index >= 15 is 0 Å². The molecule has 2 amide bonds. The zero-order chi connectivity index (χ0) is 43.8. The summed E-state index contributed by atoms with van der Waals surface area (Å²) in [7, 11) is 6.34. The van der Waals surface area contributed by atoms with Crippen molar-refractivity contribution in [2.75, 3.05) is 54.7 Å². The SMILES string of the molecule is CCCCOc1ccc(C2=NC(=Cc3ccc(OC)c(OC)c3)C(=O)N2CCCCCCN2C(=O)C(=Cc3ccc(OC)c(OC)c3)N=C2c2ccc(OCCCC)cc2)cc1. The van der Waals surface area contributed by atoms with Crippen molar-refractivity contribution in [1.29, 1.82) is 0 Å². The third kappa shape index (κ3) is 11.2. The summed E-state index contributed by atoms with van der Waals surface area (Å²) in [5, 5.41) is 0.